The van der Waals surface area contributed by atoms with Crippen LogP contribution in [0.4, 0.5) is 11.4 Å². The number of hydrogen-bond donors (Lipinski definition) is 1. The molecule has 2 amide bonds. The molecule has 0 aromatic heterocycles. The summed E-state index contributed by atoms with van der Waals surface area (Å²) in [5, 5.41) is 3.66. The summed E-state index contributed by atoms with van der Waals surface area (Å²) in [6.07, 6.45) is -0.00312. The second-order valence-corrected chi connectivity index (χ2v) is 6.39. The Morgan fingerprint density at radius 2 is 1.88 bits per heavy atom. The number of methoxy groups -OCH3 is 2. The van der Waals surface area contributed by atoms with Crippen LogP contribution in [0.25, 0.3) is 0 Å². The molecule has 0 bridgehead atoms. The van der Waals surface area contributed by atoms with Gasteiger partial charge in [-0.1, -0.05) is 29.3 Å². The third kappa shape index (κ3) is 3.30. The first kappa shape index (κ1) is 18.4. The lowest BCUT2D eigenvalue weighted by Gasteiger charge is -2.19. The highest BCUT2D eigenvalue weighted by molar-refractivity contribution is 6.43. The molecule has 0 radical (unpaired) electrons. The number of halogens is 2. The third-order valence-electron chi connectivity index (χ3n) is 4.06. The van der Waals surface area contributed by atoms with Gasteiger partial charge in [-0.3, -0.25) is 9.59 Å². The van der Waals surface area contributed by atoms with Crippen molar-refractivity contribution in [3.8, 4) is 11.5 Å². The maximum absolute atomic E-state index is 12.8. The molecule has 1 aliphatic heterocycles. The number of rotatable bonds is 5. The largest absolute Gasteiger partial charge is 0.497 e. The molecule has 3 rings (SSSR count). The first-order chi connectivity index (χ1) is 12.5. The molecule has 1 N–H and O–H groups in total. The predicted molar refractivity (Wildman–Crippen MR) is 101 cm³/mol. The van der Waals surface area contributed by atoms with E-state index in [4.69, 9.17) is 32.7 Å². The third-order valence-corrected chi connectivity index (χ3v) is 4.87. The Kier molecular flexibility index (Phi) is 5.25. The Labute approximate surface area is 160 Å². The Balaban J connectivity index is 1.89. The second-order valence-electron chi connectivity index (χ2n) is 5.61. The maximum atomic E-state index is 12.8. The summed E-state index contributed by atoms with van der Waals surface area (Å²) in [6.45, 7) is 0. The summed E-state index contributed by atoms with van der Waals surface area (Å²) in [5.74, 6) is 0.196. The van der Waals surface area contributed by atoms with Gasteiger partial charge >= 0.3 is 0 Å². The number of ether oxygens (including phenoxy) is 2. The van der Waals surface area contributed by atoms with E-state index in [0.717, 1.165) is 4.90 Å². The fourth-order valence-corrected chi connectivity index (χ4v) is 3.13. The summed E-state index contributed by atoms with van der Waals surface area (Å²) in [4.78, 5) is 26.4. The molecule has 0 saturated carbocycles. The number of imide groups is 1. The van der Waals surface area contributed by atoms with Crippen molar-refractivity contribution in [3.05, 3.63) is 46.4 Å². The molecular formula is C18H16Cl2N2O4. The van der Waals surface area contributed by atoms with E-state index >= 15 is 0 Å². The van der Waals surface area contributed by atoms with Crippen molar-refractivity contribution in [1.82, 2.24) is 0 Å². The molecule has 136 valence electrons. The Bertz CT molecular complexity index is 872. The lowest BCUT2D eigenvalue weighted by Crippen LogP contribution is -2.35. The summed E-state index contributed by atoms with van der Waals surface area (Å²) in [7, 11) is 2.99. The SMILES string of the molecule is COc1ccc(N2C(=O)CC(Nc3cccc(Cl)c3Cl)C2=O)c(OC)c1. The zero-order chi connectivity index (χ0) is 18.8. The fourth-order valence-electron chi connectivity index (χ4n) is 2.77. The lowest BCUT2D eigenvalue weighted by molar-refractivity contribution is -0.121. The predicted octanol–water partition coefficient (Wildman–Crippen LogP) is 3.75. The number of benzene rings is 2. The van der Waals surface area contributed by atoms with Crippen LogP contribution in [0.5, 0.6) is 11.5 Å². The Morgan fingerprint density at radius 1 is 1.12 bits per heavy atom. The molecule has 1 atom stereocenters. The molecule has 1 aliphatic rings. The maximum Gasteiger partial charge on any atom is 0.256 e. The van der Waals surface area contributed by atoms with Crippen LogP contribution in [0.15, 0.2) is 36.4 Å². The highest BCUT2D eigenvalue weighted by Crippen LogP contribution is 2.36. The van der Waals surface area contributed by atoms with E-state index in [1.165, 1.54) is 14.2 Å². The molecule has 1 fully saturated rings. The number of amides is 2. The van der Waals surface area contributed by atoms with Gasteiger partial charge in [-0.2, -0.15) is 0 Å². The van der Waals surface area contributed by atoms with Crippen LogP contribution in [0.1, 0.15) is 6.42 Å². The van der Waals surface area contributed by atoms with Crippen LogP contribution >= 0.6 is 23.2 Å². The van der Waals surface area contributed by atoms with Crippen molar-refractivity contribution in [3.63, 3.8) is 0 Å². The topological polar surface area (TPSA) is 67.9 Å². The number of hydrogen-bond acceptors (Lipinski definition) is 5. The molecule has 1 unspecified atom stereocenters. The minimum absolute atomic E-state index is 0.00312. The molecule has 1 saturated heterocycles. The average molecular weight is 395 g/mol. The van der Waals surface area contributed by atoms with Crippen LogP contribution < -0.4 is 19.7 Å². The number of anilines is 2. The van der Waals surface area contributed by atoms with Gasteiger partial charge in [0.05, 0.1) is 42.1 Å². The van der Waals surface area contributed by atoms with E-state index in [0.29, 0.717) is 32.9 Å². The first-order valence-corrected chi connectivity index (χ1v) is 8.51. The summed E-state index contributed by atoms with van der Waals surface area (Å²) in [5.41, 5.74) is 0.860. The number of nitrogens with zero attached hydrogens (tertiary/aromatic N) is 1. The van der Waals surface area contributed by atoms with Gasteiger partial charge in [-0.05, 0) is 24.3 Å². The summed E-state index contributed by atoms with van der Waals surface area (Å²) in [6, 6.07) is 9.19. The van der Waals surface area contributed by atoms with Gasteiger partial charge < -0.3 is 14.8 Å². The highest BCUT2D eigenvalue weighted by Gasteiger charge is 2.41. The van der Waals surface area contributed by atoms with Crippen LogP contribution in [0.3, 0.4) is 0 Å². The quantitative estimate of drug-likeness (QED) is 0.781. The van der Waals surface area contributed by atoms with Gasteiger partial charge in [0.2, 0.25) is 5.91 Å². The van der Waals surface area contributed by atoms with Crippen molar-refractivity contribution in [2.45, 2.75) is 12.5 Å². The van der Waals surface area contributed by atoms with Crippen LogP contribution in [0, 0.1) is 0 Å². The summed E-state index contributed by atoms with van der Waals surface area (Å²) >= 11 is 12.1. The molecule has 2 aromatic carbocycles. The average Bonchev–Trinajstić information content (AvgIpc) is 2.91. The van der Waals surface area contributed by atoms with E-state index < -0.39 is 11.9 Å². The van der Waals surface area contributed by atoms with Crippen molar-refractivity contribution in [1.29, 1.82) is 0 Å². The molecule has 0 aliphatic carbocycles. The summed E-state index contributed by atoms with van der Waals surface area (Å²) < 4.78 is 10.4. The van der Waals surface area contributed by atoms with Gasteiger partial charge in [-0.25, -0.2) is 4.90 Å². The first-order valence-electron chi connectivity index (χ1n) is 7.75. The molecule has 0 spiro atoms. The van der Waals surface area contributed by atoms with Crippen molar-refractivity contribution >= 4 is 46.4 Å². The number of carbonyl (C=O) groups excluding carboxylic acids is 2. The molecular weight excluding hydrogens is 379 g/mol. The van der Waals surface area contributed by atoms with E-state index in [-0.39, 0.29) is 12.3 Å². The van der Waals surface area contributed by atoms with E-state index in [1.807, 2.05) is 0 Å². The molecule has 6 nitrogen and oxygen atoms in total. The zero-order valence-electron chi connectivity index (χ0n) is 14.1. The molecule has 1 heterocycles. The van der Waals surface area contributed by atoms with Crippen LogP contribution in [0.2, 0.25) is 10.0 Å². The van der Waals surface area contributed by atoms with Crippen molar-refractivity contribution in [2.75, 3.05) is 24.4 Å². The lowest BCUT2D eigenvalue weighted by atomic mass is 10.2. The van der Waals surface area contributed by atoms with E-state index in [2.05, 4.69) is 5.32 Å². The molecule has 8 heteroatoms. The highest BCUT2D eigenvalue weighted by atomic mass is 35.5. The fraction of sp³-hybridized carbons (Fsp3) is 0.222. The van der Waals surface area contributed by atoms with Gasteiger partial charge in [0.25, 0.3) is 5.91 Å². The minimum Gasteiger partial charge on any atom is -0.497 e. The van der Waals surface area contributed by atoms with Crippen LogP contribution in [-0.4, -0.2) is 32.1 Å². The Morgan fingerprint density at radius 3 is 2.58 bits per heavy atom. The van der Waals surface area contributed by atoms with E-state index in [1.54, 1.807) is 36.4 Å². The zero-order valence-corrected chi connectivity index (χ0v) is 15.6. The number of nitrogens with one attached hydrogen (secondary N) is 1. The van der Waals surface area contributed by atoms with Crippen molar-refractivity contribution in [2.24, 2.45) is 0 Å². The van der Waals surface area contributed by atoms with Gasteiger partial charge in [0.1, 0.15) is 17.5 Å². The monoisotopic (exact) mass is 394 g/mol. The molecule has 26 heavy (non-hydrogen) atoms. The second kappa shape index (κ2) is 7.43. The van der Waals surface area contributed by atoms with Gasteiger partial charge in [0.15, 0.2) is 0 Å². The van der Waals surface area contributed by atoms with Crippen LogP contribution in [-0.2, 0) is 9.59 Å². The van der Waals surface area contributed by atoms with Gasteiger partial charge in [0, 0.05) is 6.07 Å². The van der Waals surface area contributed by atoms with Gasteiger partial charge in [-0.15, -0.1) is 0 Å². The normalized spacial score (nSPS) is 16.8. The Hall–Kier alpha value is -2.44. The standard InChI is InChI=1S/C18H16Cl2N2O4/c1-25-10-6-7-14(15(8-10)26-2)22-16(23)9-13(18(22)24)21-12-5-3-4-11(19)17(12)20/h3-8,13,21H,9H2,1-2H3. The number of carbonyl (C=O) groups is 2. The minimum atomic E-state index is -0.745. The molecule has 2 aromatic rings. The smallest absolute Gasteiger partial charge is 0.256 e. The van der Waals surface area contributed by atoms with E-state index in [9.17, 15) is 9.59 Å². The van der Waals surface area contributed by atoms with Crippen molar-refractivity contribution < 1.29 is 19.1 Å².